The number of hydrogen-bond donors (Lipinski definition) is 1. The third-order valence-electron chi connectivity index (χ3n) is 7.63. The fourth-order valence-corrected chi connectivity index (χ4v) is 5.66. The van der Waals surface area contributed by atoms with Crippen LogP contribution >= 0.6 is 0 Å². The standard InChI is InChI=1S/C28H26F4N4O2/c1-15(29)28(31,32)14-38-27-34-25-22(26(35-27)36-12-16-6-7-17(8-16)13-36)11-33-24(23(25)30)21-10-19(37)9-18-4-2-3-5-20(18)21/h2-5,9-11,15-17,37H,6-8,12-14H2,1H3. The molecule has 38 heavy (non-hydrogen) atoms. The number of piperidine rings is 1. The van der Waals surface area contributed by atoms with Crippen molar-refractivity contribution in [3.05, 3.63) is 48.4 Å². The van der Waals surface area contributed by atoms with Crippen LogP contribution in [0, 0.1) is 17.7 Å². The van der Waals surface area contributed by atoms with Crippen LogP contribution in [0.3, 0.4) is 0 Å². The van der Waals surface area contributed by atoms with E-state index in [1.165, 1.54) is 12.3 Å². The second-order valence-corrected chi connectivity index (χ2v) is 10.3. The molecular formula is C28H26F4N4O2. The Morgan fingerprint density at radius 3 is 2.58 bits per heavy atom. The molecule has 1 saturated carbocycles. The molecule has 6 nitrogen and oxygen atoms in total. The summed E-state index contributed by atoms with van der Waals surface area (Å²) in [6.07, 6.45) is 2.34. The number of nitrogens with zero attached hydrogens (tertiary/aromatic N) is 4. The normalized spacial score (nSPS) is 20.3. The molecule has 1 saturated heterocycles. The summed E-state index contributed by atoms with van der Waals surface area (Å²) in [6.45, 7) is 0.856. The molecule has 4 aromatic rings. The lowest BCUT2D eigenvalue weighted by atomic mass is 9.98. The highest BCUT2D eigenvalue weighted by atomic mass is 19.3. The van der Waals surface area contributed by atoms with Gasteiger partial charge in [0.25, 0.3) is 0 Å². The van der Waals surface area contributed by atoms with Crippen LogP contribution in [0.5, 0.6) is 11.8 Å². The lowest BCUT2D eigenvalue weighted by Crippen LogP contribution is -2.37. The Morgan fingerprint density at radius 2 is 1.84 bits per heavy atom. The zero-order valence-corrected chi connectivity index (χ0v) is 20.7. The molecule has 3 heterocycles. The van der Waals surface area contributed by atoms with Crippen LogP contribution in [0.15, 0.2) is 42.6 Å². The number of phenolic OH excluding ortho intramolecular Hbond substituents is 1. The van der Waals surface area contributed by atoms with Crippen LogP contribution in [-0.4, -0.2) is 51.8 Å². The molecule has 1 aliphatic heterocycles. The number of hydrogen-bond acceptors (Lipinski definition) is 6. The number of halogens is 4. The number of benzene rings is 2. The maximum absolute atomic E-state index is 16.2. The van der Waals surface area contributed by atoms with Crippen molar-refractivity contribution in [2.45, 2.75) is 38.3 Å². The van der Waals surface area contributed by atoms with E-state index in [0.717, 1.165) is 26.2 Å². The second-order valence-electron chi connectivity index (χ2n) is 10.3. The number of phenols is 1. The van der Waals surface area contributed by atoms with Gasteiger partial charge in [0, 0.05) is 24.8 Å². The lowest BCUT2D eigenvalue weighted by Gasteiger charge is -2.33. The topological polar surface area (TPSA) is 71.4 Å². The van der Waals surface area contributed by atoms with E-state index < -0.39 is 30.5 Å². The van der Waals surface area contributed by atoms with Gasteiger partial charge in [0.05, 0.1) is 5.39 Å². The largest absolute Gasteiger partial charge is 0.508 e. The molecule has 3 unspecified atom stereocenters. The Labute approximate surface area is 216 Å². The Kier molecular flexibility index (Phi) is 6.00. The molecule has 6 rings (SSSR count). The summed E-state index contributed by atoms with van der Waals surface area (Å²) in [7, 11) is 0. The number of alkyl halides is 3. The second kappa shape index (κ2) is 9.25. The van der Waals surface area contributed by atoms with Gasteiger partial charge in [-0.1, -0.05) is 24.3 Å². The Bertz CT molecular complexity index is 1520. The smallest absolute Gasteiger partial charge is 0.319 e. The van der Waals surface area contributed by atoms with Crippen LogP contribution in [0.4, 0.5) is 23.4 Å². The summed E-state index contributed by atoms with van der Waals surface area (Å²) >= 11 is 0. The first kappa shape index (κ1) is 24.6. The van der Waals surface area contributed by atoms with Gasteiger partial charge < -0.3 is 14.7 Å². The SMILES string of the molecule is CC(F)C(F)(F)COc1nc(N2CC3CCC(C3)C2)c2cnc(-c3cc(O)cc4ccccc34)c(F)c2n1. The van der Waals surface area contributed by atoms with Gasteiger partial charge in [-0.25, -0.2) is 8.78 Å². The van der Waals surface area contributed by atoms with Crippen molar-refractivity contribution >= 4 is 27.5 Å². The fraction of sp³-hybridized carbons (Fsp3) is 0.393. The zero-order valence-electron chi connectivity index (χ0n) is 20.7. The van der Waals surface area contributed by atoms with Crippen LogP contribution < -0.4 is 9.64 Å². The van der Waals surface area contributed by atoms with Gasteiger partial charge >= 0.3 is 11.9 Å². The van der Waals surface area contributed by atoms with Crippen molar-refractivity contribution in [1.82, 2.24) is 15.0 Å². The van der Waals surface area contributed by atoms with Crippen molar-refractivity contribution in [2.75, 3.05) is 24.6 Å². The quantitative estimate of drug-likeness (QED) is 0.298. The number of ether oxygens (including phenoxy) is 1. The lowest BCUT2D eigenvalue weighted by molar-refractivity contribution is -0.0956. The molecule has 0 radical (unpaired) electrons. The highest BCUT2D eigenvalue weighted by Crippen LogP contribution is 2.41. The molecule has 198 valence electrons. The summed E-state index contributed by atoms with van der Waals surface area (Å²) in [5, 5.41) is 12.0. The number of pyridine rings is 1. The van der Waals surface area contributed by atoms with Gasteiger partial charge in [0.1, 0.15) is 22.8 Å². The van der Waals surface area contributed by atoms with E-state index in [2.05, 4.69) is 15.0 Å². The predicted molar refractivity (Wildman–Crippen MR) is 136 cm³/mol. The number of anilines is 1. The van der Waals surface area contributed by atoms with Crippen molar-refractivity contribution in [3.63, 3.8) is 0 Å². The van der Waals surface area contributed by atoms with E-state index in [4.69, 9.17) is 4.74 Å². The van der Waals surface area contributed by atoms with E-state index in [1.807, 2.05) is 4.90 Å². The number of rotatable bonds is 6. The summed E-state index contributed by atoms with van der Waals surface area (Å²) in [4.78, 5) is 15.0. The third kappa shape index (κ3) is 4.35. The minimum Gasteiger partial charge on any atom is -0.508 e. The summed E-state index contributed by atoms with van der Waals surface area (Å²) < 4.78 is 62.7. The maximum atomic E-state index is 16.2. The highest BCUT2D eigenvalue weighted by molar-refractivity contribution is 5.99. The summed E-state index contributed by atoms with van der Waals surface area (Å²) in [5.74, 6) is -3.32. The summed E-state index contributed by atoms with van der Waals surface area (Å²) in [5.41, 5.74) is 0.162. The first-order valence-electron chi connectivity index (χ1n) is 12.7. The average molecular weight is 527 g/mol. The van der Waals surface area contributed by atoms with Crippen LogP contribution in [0.25, 0.3) is 32.9 Å². The Hall–Kier alpha value is -3.69. The fourth-order valence-electron chi connectivity index (χ4n) is 5.66. The minimum absolute atomic E-state index is 0.0541. The van der Waals surface area contributed by atoms with Crippen LogP contribution in [0.2, 0.25) is 0 Å². The van der Waals surface area contributed by atoms with Gasteiger partial charge in [-0.3, -0.25) is 4.98 Å². The van der Waals surface area contributed by atoms with Crippen molar-refractivity contribution < 1.29 is 27.4 Å². The molecule has 2 aromatic heterocycles. The van der Waals surface area contributed by atoms with E-state index >= 15 is 4.39 Å². The van der Waals surface area contributed by atoms with Gasteiger partial charge in [-0.2, -0.15) is 18.7 Å². The average Bonchev–Trinajstić information content (AvgIpc) is 3.24. The van der Waals surface area contributed by atoms with Crippen molar-refractivity contribution in [3.8, 4) is 23.0 Å². The molecule has 1 N–H and O–H groups in total. The molecule has 3 atom stereocenters. The minimum atomic E-state index is -3.76. The van der Waals surface area contributed by atoms with E-state index in [1.54, 1.807) is 30.3 Å². The van der Waals surface area contributed by atoms with Crippen LogP contribution in [0.1, 0.15) is 26.2 Å². The molecule has 2 bridgehead atoms. The molecule has 0 spiro atoms. The zero-order chi connectivity index (χ0) is 26.6. The molecular weight excluding hydrogens is 500 g/mol. The van der Waals surface area contributed by atoms with Gasteiger partial charge in [-0.05, 0) is 60.9 Å². The van der Waals surface area contributed by atoms with E-state index in [0.29, 0.717) is 52.5 Å². The maximum Gasteiger partial charge on any atom is 0.319 e. The highest BCUT2D eigenvalue weighted by Gasteiger charge is 2.39. The number of aromatic hydroxyl groups is 1. The molecule has 0 amide bonds. The molecule has 2 aromatic carbocycles. The molecule has 2 aliphatic rings. The Balaban J connectivity index is 1.50. The molecule has 1 aliphatic carbocycles. The monoisotopic (exact) mass is 526 g/mol. The van der Waals surface area contributed by atoms with Gasteiger partial charge in [0.15, 0.2) is 18.6 Å². The third-order valence-corrected chi connectivity index (χ3v) is 7.63. The van der Waals surface area contributed by atoms with E-state index in [-0.39, 0.29) is 17.0 Å². The van der Waals surface area contributed by atoms with E-state index in [9.17, 15) is 18.3 Å². The predicted octanol–water partition coefficient (Wildman–Crippen LogP) is 6.30. The first-order valence-corrected chi connectivity index (χ1v) is 12.7. The number of aromatic nitrogens is 3. The Morgan fingerprint density at radius 1 is 1.11 bits per heavy atom. The molecule has 10 heteroatoms. The van der Waals surface area contributed by atoms with Crippen molar-refractivity contribution in [2.24, 2.45) is 11.8 Å². The van der Waals surface area contributed by atoms with Gasteiger partial charge in [-0.15, -0.1) is 0 Å². The van der Waals surface area contributed by atoms with Crippen LogP contribution in [-0.2, 0) is 0 Å². The molecule has 2 fully saturated rings. The number of fused-ring (bicyclic) bond motifs is 4. The summed E-state index contributed by atoms with van der Waals surface area (Å²) in [6, 6.07) is 9.72. The first-order chi connectivity index (χ1) is 18.2. The van der Waals surface area contributed by atoms with Crippen molar-refractivity contribution in [1.29, 1.82) is 0 Å². The van der Waals surface area contributed by atoms with Gasteiger partial charge in [0.2, 0.25) is 0 Å².